The summed E-state index contributed by atoms with van der Waals surface area (Å²) in [5.74, 6) is -0.832. The molecule has 0 aromatic heterocycles. The lowest BCUT2D eigenvalue weighted by Crippen LogP contribution is -2.45. The molecule has 2 aliphatic rings. The number of carboxylic acid groups (broad SMARTS) is 1. The Balaban J connectivity index is 1.77. The molecule has 102 valence electrons. The third kappa shape index (κ3) is 2.65. The molecule has 0 atom stereocenters. The van der Waals surface area contributed by atoms with Crippen LogP contribution in [0.25, 0.3) is 0 Å². The van der Waals surface area contributed by atoms with E-state index in [-0.39, 0.29) is 0 Å². The Kier molecular flexibility index (Phi) is 3.53. The number of carboxylic acids is 1. The van der Waals surface area contributed by atoms with Gasteiger partial charge in [0.15, 0.2) is 0 Å². The van der Waals surface area contributed by atoms with E-state index in [0.29, 0.717) is 11.6 Å². The van der Waals surface area contributed by atoms with E-state index in [9.17, 15) is 4.79 Å². The number of rotatable bonds is 2. The molecule has 1 saturated heterocycles. The number of fused-ring (bicyclic) bond motifs is 1. The fraction of sp³-hybridized carbons (Fsp3) is 0.533. The van der Waals surface area contributed by atoms with Crippen LogP contribution in [0.1, 0.15) is 34.3 Å². The summed E-state index contributed by atoms with van der Waals surface area (Å²) in [5.41, 5.74) is 2.92. The minimum absolute atomic E-state index is 0.408. The van der Waals surface area contributed by atoms with Crippen molar-refractivity contribution in [3.63, 3.8) is 0 Å². The van der Waals surface area contributed by atoms with Crippen LogP contribution in [0.4, 0.5) is 0 Å². The largest absolute Gasteiger partial charge is 0.478 e. The average molecular weight is 260 g/mol. The van der Waals surface area contributed by atoms with Gasteiger partial charge < -0.3 is 10.4 Å². The number of carbonyl (C=O) groups is 1. The predicted octanol–water partition coefficient (Wildman–Crippen LogP) is 1.49. The highest BCUT2D eigenvalue weighted by Gasteiger charge is 2.25. The molecule has 4 heteroatoms. The molecule has 19 heavy (non-hydrogen) atoms. The maximum Gasteiger partial charge on any atom is 0.335 e. The molecule has 1 fully saturated rings. The van der Waals surface area contributed by atoms with Crippen molar-refractivity contribution in [2.45, 2.75) is 31.8 Å². The van der Waals surface area contributed by atoms with Crippen molar-refractivity contribution in [2.75, 3.05) is 19.6 Å². The molecular formula is C15H20N2O2. The Bertz CT molecular complexity index is 481. The van der Waals surface area contributed by atoms with Crippen LogP contribution in [0.3, 0.4) is 0 Å². The third-order valence-corrected chi connectivity index (χ3v) is 4.32. The summed E-state index contributed by atoms with van der Waals surface area (Å²) < 4.78 is 0. The average Bonchev–Trinajstić information content (AvgIpc) is 2.47. The minimum Gasteiger partial charge on any atom is -0.478 e. The van der Waals surface area contributed by atoms with Gasteiger partial charge in [-0.2, -0.15) is 0 Å². The molecule has 0 bridgehead atoms. The smallest absolute Gasteiger partial charge is 0.335 e. The zero-order valence-corrected chi connectivity index (χ0v) is 11.1. The van der Waals surface area contributed by atoms with Crippen molar-refractivity contribution in [3.05, 3.63) is 34.9 Å². The lowest BCUT2D eigenvalue weighted by molar-refractivity contribution is 0.0696. The molecular weight excluding hydrogens is 240 g/mol. The van der Waals surface area contributed by atoms with Gasteiger partial charge in [0.1, 0.15) is 0 Å². The van der Waals surface area contributed by atoms with Crippen molar-refractivity contribution in [1.82, 2.24) is 10.2 Å². The zero-order chi connectivity index (χ0) is 13.2. The number of nitrogens with zero attached hydrogens (tertiary/aromatic N) is 1. The molecule has 2 heterocycles. The Hall–Kier alpha value is -1.39. The SMILES string of the molecule is O=C(O)c1ccc2c(c1)CN(C1CCNCC1)CC2. The maximum absolute atomic E-state index is 11.0. The first-order valence-corrected chi connectivity index (χ1v) is 7.04. The predicted molar refractivity (Wildman–Crippen MR) is 73.4 cm³/mol. The lowest BCUT2D eigenvalue weighted by atomic mass is 9.94. The molecule has 4 nitrogen and oxygen atoms in total. The van der Waals surface area contributed by atoms with Crippen LogP contribution >= 0.6 is 0 Å². The van der Waals surface area contributed by atoms with Crippen molar-refractivity contribution < 1.29 is 9.90 Å². The second-order valence-corrected chi connectivity index (χ2v) is 5.49. The molecule has 3 rings (SSSR count). The van der Waals surface area contributed by atoms with Gasteiger partial charge in [0.2, 0.25) is 0 Å². The number of nitrogens with one attached hydrogen (secondary N) is 1. The van der Waals surface area contributed by atoms with Crippen LogP contribution < -0.4 is 5.32 Å². The molecule has 0 unspecified atom stereocenters. The van der Waals surface area contributed by atoms with Crippen LogP contribution in [0, 0.1) is 0 Å². The first-order valence-electron chi connectivity index (χ1n) is 7.04. The maximum atomic E-state index is 11.0. The molecule has 0 spiro atoms. The normalized spacial score (nSPS) is 21.1. The Morgan fingerprint density at radius 3 is 2.79 bits per heavy atom. The van der Waals surface area contributed by atoms with Crippen LogP contribution in [0.15, 0.2) is 18.2 Å². The van der Waals surface area contributed by atoms with E-state index >= 15 is 0 Å². The fourth-order valence-electron chi connectivity index (χ4n) is 3.20. The third-order valence-electron chi connectivity index (χ3n) is 4.32. The summed E-state index contributed by atoms with van der Waals surface area (Å²) in [6, 6.07) is 6.22. The highest BCUT2D eigenvalue weighted by Crippen LogP contribution is 2.24. The topological polar surface area (TPSA) is 52.6 Å². The van der Waals surface area contributed by atoms with E-state index in [1.165, 1.54) is 24.0 Å². The van der Waals surface area contributed by atoms with Gasteiger partial charge in [-0.05, 0) is 55.6 Å². The van der Waals surface area contributed by atoms with Gasteiger partial charge in [-0.1, -0.05) is 6.07 Å². The van der Waals surface area contributed by atoms with Gasteiger partial charge in [0.05, 0.1) is 5.56 Å². The van der Waals surface area contributed by atoms with Gasteiger partial charge in [-0.3, -0.25) is 4.90 Å². The quantitative estimate of drug-likeness (QED) is 0.846. The van der Waals surface area contributed by atoms with Crippen molar-refractivity contribution in [2.24, 2.45) is 0 Å². The Morgan fingerprint density at radius 2 is 2.05 bits per heavy atom. The monoisotopic (exact) mass is 260 g/mol. The van der Waals surface area contributed by atoms with Crippen LogP contribution in [-0.2, 0) is 13.0 Å². The standard InChI is InChI=1S/C15H20N2O2/c18-15(19)12-2-1-11-5-8-17(10-13(11)9-12)14-3-6-16-7-4-14/h1-2,9,14,16H,3-8,10H2,(H,18,19). The molecule has 0 saturated carbocycles. The highest BCUT2D eigenvalue weighted by atomic mass is 16.4. The summed E-state index contributed by atoms with van der Waals surface area (Å²) in [6.45, 7) is 4.21. The molecule has 2 aliphatic heterocycles. The first kappa shape index (κ1) is 12.6. The molecule has 0 aliphatic carbocycles. The zero-order valence-electron chi connectivity index (χ0n) is 11.1. The van der Waals surface area contributed by atoms with Gasteiger partial charge in [0.25, 0.3) is 0 Å². The summed E-state index contributed by atoms with van der Waals surface area (Å²) in [5, 5.41) is 12.5. The van der Waals surface area contributed by atoms with E-state index in [0.717, 1.165) is 32.6 Å². The Morgan fingerprint density at radius 1 is 1.26 bits per heavy atom. The lowest BCUT2D eigenvalue weighted by Gasteiger charge is -2.37. The van der Waals surface area contributed by atoms with Crippen molar-refractivity contribution >= 4 is 5.97 Å². The first-order chi connectivity index (χ1) is 9.24. The summed E-state index contributed by atoms with van der Waals surface area (Å²) in [4.78, 5) is 13.6. The van der Waals surface area contributed by atoms with E-state index < -0.39 is 5.97 Å². The van der Waals surface area contributed by atoms with Crippen LogP contribution in [0.2, 0.25) is 0 Å². The number of aromatic carboxylic acids is 1. The number of piperidine rings is 1. The molecule has 2 N–H and O–H groups in total. The van der Waals surface area contributed by atoms with Gasteiger partial charge >= 0.3 is 5.97 Å². The molecule has 0 amide bonds. The number of benzene rings is 1. The minimum atomic E-state index is -0.832. The van der Waals surface area contributed by atoms with Crippen molar-refractivity contribution in [3.8, 4) is 0 Å². The van der Waals surface area contributed by atoms with Crippen LogP contribution in [0.5, 0.6) is 0 Å². The second-order valence-electron chi connectivity index (χ2n) is 5.49. The van der Waals surface area contributed by atoms with E-state index in [4.69, 9.17) is 5.11 Å². The molecule has 1 aromatic rings. The van der Waals surface area contributed by atoms with Gasteiger partial charge in [-0.25, -0.2) is 4.79 Å². The van der Waals surface area contributed by atoms with E-state index in [1.54, 1.807) is 6.07 Å². The van der Waals surface area contributed by atoms with E-state index in [2.05, 4.69) is 10.2 Å². The van der Waals surface area contributed by atoms with Crippen molar-refractivity contribution in [1.29, 1.82) is 0 Å². The summed E-state index contributed by atoms with van der Waals surface area (Å²) >= 11 is 0. The molecule has 1 aromatic carbocycles. The number of hydrogen-bond donors (Lipinski definition) is 2. The van der Waals surface area contributed by atoms with E-state index in [1.807, 2.05) is 12.1 Å². The molecule has 0 radical (unpaired) electrons. The van der Waals surface area contributed by atoms with Crippen LogP contribution in [-0.4, -0.2) is 41.7 Å². The van der Waals surface area contributed by atoms with Gasteiger partial charge in [0, 0.05) is 19.1 Å². The number of hydrogen-bond acceptors (Lipinski definition) is 3. The summed E-state index contributed by atoms with van der Waals surface area (Å²) in [7, 11) is 0. The Labute approximate surface area is 113 Å². The summed E-state index contributed by atoms with van der Waals surface area (Å²) in [6.07, 6.45) is 3.45. The van der Waals surface area contributed by atoms with Gasteiger partial charge in [-0.15, -0.1) is 0 Å². The highest BCUT2D eigenvalue weighted by molar-refractivity contribution is 5.87. The fourth-order valence-corrected chi connectivity index (χ4v) is 3.20. The second kappa shape index (κ2) is 5.31.